The highest BCUT2D eigenvalue weighted by atomic mass is 32.2. The lowest BCUT2D eigenvalue weighted by atomic mass is 9.97. The van der Waals surface area contributed by atoms with Gasteiger partial charge in [0, 0.05) is 32.4 Å². The lowest BCUT2D eigenvalue weighted by molar-refractivity contribution is 0.0327. The molecule has 0 spiro atoms. The molecule has 2 rings (SSSR count). The van der Waals surface area contributed by atoms with Crippen molar-refractivity contribution in [3.63, 3.8) is 0 Å². The van der Waals surface area contributed by atoms with Crippen molar-refractivity contribution in [1.82, 2.24) is 4.90 Å². The number of piperidine rings is 1. The second-order valence-corrected chi connectivity index (χ2v) is 8.51. The Bertz CT molecular complexity index is 649. The minimum atomic E-state index is -3.23. The molecule has 0 bridgehead atoms. The first-order chi connectivity index (χ1) is 12.0. The van der Waals surface area contributed by atoms with Gasteiger partial charge < -0.3 is 14.4 Å². The van der Waals surface area contributed by atoms with Gasteiger partial charge in [0.25, 0.3) is 5.91 Å². The van der Waals surface area contributed by atoms with Crippen LogP contribution in [0.2, 0.25) is 0 Å². The van der Waals surface area contributed by atoms with Crippen LogP contribution in [-0.4, -0.2) is 65.0 Å². The summed E-state index contributed by atoms with van der Waals surface area (Å²) in [4.78, 5) is 14.7. The number of sulfone groups is 1. The molecule has 0 aliphatic carbocycles. The SMILES string of the molecule is CCS(=O)(=O)c1ccc(C(=O)N2CCC(COCCOC)CC2)cc1. The van der Waals surface area contributed by atoms with Crippen LogP contribution in [0.25, 0.3) is 0 Å². The van der Waals surface area contributed by atoms with E-state index < -0.39 is 9.84 Å². The minimum absolute atomic E-state index is 0.0424. The molecule has 7 heteroatoms. The van der Waals surface area contributed by atoms with Crippen LogP contribution in [0.5, 0.6) is 0 Å². The highest BCUT2D eigenvalue weighted by Gasteiger charge is 2.24. The molecule has 1 fully saturated rings. The standard InChI is InChI=1S/C18H27NO5S/c1-3-25(21,22)17-6-4-16(5-7-17)18(20)19-10-8-15(9-11-19)14-24-13-12-23-2/h4-7,15H,3,8-14H2,1-2H3. The van der Waals surface area contributed by atoms with E-state index in [1.807, 2.05) is 4.90 Å². The monoisotopic (exact) mass is 369 g/mol. The average molecular weight is 369 g/mol. The van der Waals surface area contributed by atoms with Crippen LogP contribution >= 0.6 is 0 Å². The Morgan fingerprint density at radius 1 is 1.16 bits per heavy atom. The third kappa shape index (κ3) is 5.52. The molecule has 1 amide bonds. The van der Waals surface area contributed by atoms with E-state index >= 15 is 0 Å². The van der Waals surface area contributed by atoms with Crippen LogP contribution in [0.4, 0.5) is 0 Å². The molecule has 6 nitrogen and oxygen atoms in total. The van der Waals surface area contributed by atoms with Gasteiger partial charge in [0.2, 0.25) is 0 Å². The van der Waals surface area contributed by atoms with Crippen molar-refractivity contribution in [1.29, 1.82) is 0 Å². The molecule has 0 atom stereocenters. The van der Waals surface area contributed by atoms with Crippen LogP contribution in [0.15, 0.2) is 29.2 Å². The molecule has 1 aromatic rings. The van der Waals surface area contributed by atoms with Crippen molar-refractivity contribution < 1.29 is 22.7 Å². The third-order valence-electron chi connectivity index (χ3n) is 4.53. The van der Waals surface area contributed by atoms with Crippen molar-refractivity contribution in [2.24, 2.45) is 5.92 Å². The number of carbonyl (C=O) groups excluding carboxylic acids is 1. The van der Waals surface area contributed by atoms with E-state index in [1.165, 1.54) is 12.1 Å². The van der Waals surface area contributed by atoms with E-state index in [4.69, 9.17) is 9.47 Å². The Kier molecular flexibility index (Phi) is 7.40. The van der Waals surface area contributed by atoms with Crippen LogP contribution in [0.3, 0.4) is 0 Å². The smallest absolute Gasteiger partial charge is 0.253 e. The number of rotatable bonds is 8. The number of hydrogen-bond donors (Lipinski definition) is 0. The van der Waals surface area contributed by atoms with Gasteiger partial charge in [0.15, 0.2) is 9.84 Å². The maximum Gasteiger partial charge on any atom is 0.253 e. The van der Waals surface area contributed by atoms with Gasteiger partial charge >= 0.3 is 0 Å². The van der Waals surface area contributed by atoms with E-state index in [2.05, 4.69) is 0 Å². The summed E-state index contributed by atoms with van der Waals surface area (Å²) in [5.41, 5.74) is 0.532. The number of hydrogen-bond acceptors (Lipinski definition) is 5. The largest absolute Gasteiger partial charge is 0.382 e. The molecule has 1 aliphatic rings. The van der Waals surface area contributed by atoms with E-state index in [0.29, 0.717) is 44.4 Å². The van der Waals surface area contributed by atoms with E-state index in [9.17, 15) is 13.2 Å². The van der Waals surface area contributed by atoms with Gasteiger partial charge in [-0.2, -0.15) is 0 Å². The van der Waals surface area contributed by atoms with Crippen molar-refractivity contribution in [2.75, 3.05) is 45.8 Å². The number of methoxy groups -OCH3 is 1. The maximum absolute atomic E-state index is 12.6. The normalized spacial score (nSPS) is 16.2. The topological polar surface area (TPSA) is 72.9 Å². The molecular weight excluding hydrogens is 342 g/mol. The lowest BCUT2D eigenvalue weighted by Gasteiger charge is -2.32. The summed E-state index contributed by atoms with van der Waals surface area (Å²) >= 11 is 0. The molecule has 0 aromatic heterocycles. The van der Waals surface area contributed by atoms with E-state index in [-0.39, 0.29) is 16.6 Å². The molecule has 140 valence electrons. The van der Waals surface area contributed by atoms with Gasteiger partial charge in [-0.3, -0.25) is 4.79 Å². The summed E-state index contributed by atoms with van der Waals surface area (Å²) < 4.78 is 34.2. The second kappa shape index (κ2) is 9.31. The number of amides is 1. The zero-order valence-electron chi connectivity index (χ0n) is 14.9. The first-order valence-corrected chi connectivity index (χ1v) is 10.3. The number of likely N-dealkylation sites (tertiary alicyclic amines) is 1. The van der Waals surface area contributed by atoms with Crippen molar-refractivity contribution >= 4 is 15.7 Å². The summed E-state index contributed by atoms with van der Waals surface area (Å²) in [7, 11) is -1.58. The first-order valence-electron chi connectivity index (χ1n) is 8.66. The lowest BCUT2D eigenvalue weighted by Crippen LogP contribution is -2.39. The Morgan fingerprint density at radius 3 is 2.36 bits per heavy atom. The Labute approximate surface area is 150 Å². The van der Waals surface area contributed by atoms with Crippen LogP contribution in [0, 0.1) is 5.92 Å². The number of nitrogens with zero attached hydrogens (tertiary/aromatic N) is 1. The van der Waals surface area contributed by atoms with Gasteiger partial charge in [0.05, 0.1) is 23.9 Å². The summed E-state index contributed by atoms with van der Waals surface area (Å²) in [6.45, 7) is 4.91. The van der Waals surface area contributed by atoms with E-state index in [1.54, 1.807) is 26.2 Å². The molecule has 0 N–H and O–H groups in total. The number of carbonyl (C=O) groups is 1. The van der Waals surface area contributed by atoms with Gasteiger partial charge in [0.1, 0.15) is 0 Å². The first kappa shape index (κ1) is 19.9. The van der Waals surface area contributed by atoms with Crippen molar-refractivity contribution in [3.8, 4) is 0 Å². The highest BCUT2D eigenvalue weighted by Crippen LogP contribution is 2.20. The minimum Gasteiger partial charge on any atom is -0.382 e. The molecule has 0 radical (unpaired) electrons. The third-order valence-corrected chi connectivity index (χ3v) is 6.28. The molecule has 0 saturated carbocycles. The zero-order valence-corrected chi connectivity index (χ0v) is 15.8. The summed E-state index contributed by atoms with van der Waals surface area (Å²) in [5.74, 6) is 0.484. The fourth-order valence-corrected chi connectivity index (χ4v) is 3.73. The fourth-order valence-electron chi connectivity index (χ4n) is 2.85. The van der Waals surface area contributed by atoms with Crippen LogP contribution in [0.1, 0.15) is 30.1 Å². The molecule has 1 aliphatic heterocycles. The van der Waals surface area contributed by atoms with Crippen LogP contribution < -0.4 is 0 Å². The number of benzene rings is 1. The summed E-state index contributed by atoms with van der Waals surface area (Å²) in [5, 5.41) is 0. The van der Waals surface area contributed by atoms with Gasteiger partial charge in [-0.15, -0.1) is 0 Å². The summed E-state index contributed by atoms with van der Waals surface area (Å²) in [6, 6.07) is 6.24. The maximum atomic E-state index is 12.6. The van der Waals surface area contributed by atoms with Crippen LogP contribution in [-0.2, 0) is 19.3 Å². The molecule has 1 heterocycles. The van der Waals surface area contributed by atoms with E-state index in [0.717, 1.165) is 12.8 Å². The predicted octanol–water partition coefficient (Wildman–Crippen LogP) is 2.00. The molecule has 25 heavy (non-hydrogen) atoms. The Morgan fingerprint density at radius 2 is 1.80 bits per heavy atom. The Hall–Kier alpha value is -1.44. The molecule has 1 aromatic carbocycles. The molecular formula is C18H27NO5S. The van der Waals surface area contributed by atoms with Gasteiger partial charge in [-0.1, -0.05) is 6.92 Å². The Balaban J connectivity index is 1.86. The second-order valence-electron chi connectivity index (χ2n) is 6.23. The molecule has 1 saturated heterocycles. The molecule has 0 unspecified atom stereocenters. The fraction of sp³-hybridized carbons (Fsp3) is 0.611. The number of ether oxygens (including phenoxy) is 2. The highest BCUT2D eigenvalue weighted by molar-refractivity contribution is 7.91. The quantitative estimate of drug-likeness (QED) is 0.655. The van der Waals surface area contributed by atoms with Gasteiger partial charge in [-0.05, 0) is 43.0 Å². The summed E-state index contributed by atoms with van der Waals surface area (Å²) in [6.07, 6.45) is 1.84. The average Bonchev–Trinajstić information content (AvgIpc) is 2.65. The van der Waals surface area contributed by atoms with Gasteiger partial charge in [-0.25, -0.2) is 8.42 Å². The van der Waals surface area contributed by atoms with Crippen molar-refractivity contribution in [2.45, 2.75) is 24.7 Å². The van der Waals surface area contributed by atoms with Crippen molar-refractivity contribution in [3.05, 3.63) is 29.8 Å². The predicted molar refractivity (Wildman–Crippen MR) is 95.5 cm³/mol. The zero-order chi connectivity index (χ0) is 18.3.